The molecular formula is C26H31N5O4. The maximum Gasteiger partial charge on any atom is 0.341 e. The zero-order chi connectivity index (χ0) is 24.2. The summed E-state index contributed by atoms with van der Waals surface area (Å²) in [5, 5.41) is 13.0. The van der Waals surface area contributed by atoms with Gasteiger partial charge in [0.15, 0.2) is 0 Å². The maximum absolute atomic E-state index is 12.8. The molecule has 0 unspecified atom stereocenters. The number of aromatic nitrogens is 3. The van der Waals surface area contributed by atoms with Crippen molar-refractivity contribution < 1.29 is 14.6 Å². The van der Waals surface area contributed by atoms with Gasteiger partial charge in [0, 0.05) is 43.8 Å². The van der Waals surface area contributed by atoms with Gasteiger partial charge in [0.05, 0.1) is 18.6 Å². The van der Waals surface area contributed by atoms with Crippen LogP contribution in [-0.2, 0) is 11.2 Å². The Hall–Kier alpha value is -3.30. The first-order valence-corrected chi connectivity index (χ1v) is 12.4. The lowest BCUT2D eigenvalue weighted by Gasteiger charge is -2.26. The number of benzene rings is 1. The molecule has 1 saturated heterocycles. The predicted molar refractivity (Wildman–Crippen MR) is 134 cm³/mol. The van der Waals surface area contributed by atoms with Crippen molar-refractivity contribution in [3.63, 3.8) is 0 Å². The minimum atomic E-state index is -1.22. The van der Waals surface area contributed by atoms with Crippen LogP contribution < -0.4 is 10.7 Å². The highest BCUT2D eigenvalue weighted by Crippen LogP contribution is 2.30. The summed E-state index contributed by atoms with van der Waals surface area (Å²) in [6, 6.07) is 8.33. The molecule has 2 N–H and O–H groups in total. The maximum atomic E-state index is 12.8. The lowest BCUT2D eigenvalue weighted by atomic mass is 9.95. The number of carboxylic acids is 1. The largest absolute Gasteiger partial charge is 0.477 e. The Labute approximate surface area is 203 Å². The van der Waals surface area contributed by atoms with Gasteiger partial charge in [-0.2, -0.15) is 4.98 Å². The first kappa shape index (κ1) is 23.4. The average Bonchev–Trinajstić information content (AvgIpc) is 2.89. The van der Waals surface area contributed by atoms with Gasteiger partial charge in [-0.25, -0.2) is 9.78 Å². The molecule has 0 spiro atoms. The van der Waals surface area contributed by atoms with E-state index in [2.05, 4.69) is 32.3 Å². The molecule has 35 heavy (non-hydrogen) atoms. The van der Waals surface area contributed by atoms with Gasteiger partial charge in [0.2, 0.25) is 11.4 Å². The van der Waals surface area contributed by atoms with Crippen LogP contribution in [0.3, 0.4) is 0 Å². The van der Waals surface area contributed by atoms with Crippen LogP contribution in [0, 0.1) is 0 Å². The number of carboxylic acid groups (broad SMARTS) is 1. The van der Waals surface area contributed by atoms with Gasteiger partial charge >= 0.3 is 5.97 Å². The van der Waals surface area contributed by atoms with Crippen molar-refractivity contribution in [1.82, 2.24) is 19.4 Å². The van der Waals surface area contributed by atoms with E-state index in [1.165, 1.54) is 24.4 Å². The smallest absolute Gasteiger partial charge is 0.341 e. The number of hydrogen-bond acceptors (Lipinski definition) is 7. The third kappa shape index (κ3) is 5.36. The van der Waals surface area contributed by atoms with Crippen molar-refractivity contribution >= 4 is 28.6 Å². The monoisotopic (exact) mass is 477 g/mol. The molecule has 0 atom stereocenters. The molecule has 1 aromatic carbocycles. The van der Waals surface area contributed by atoms with Crippen molar-refractivity contribution in [2.75, 3.05) is 38.2 Å². The van der Waals surface area contributed by atoms with E-state index in [0.29, 0.717) is 11.6 Å². The van der Waals surface area contributed by atoms with E-state index in [9.17, 15) is 14.7 Å². The van der Waals surface area contributed by atoms with Gasteiger partial charge in [0.1, 0.15) is 11.2 Å². The van der Waals surface area contributed by atoms with Crippen LogP contribution in [0.1, 0.15) is 54.1 Å². The van der Waals surface area contributed by atoms with E-state index in [1.807, 2.05) is 16.7 Å². The molecule has 9 nitrogen and oxygen atoms in total. The molecule has 5 rings (SSSR count). The fraction of sp³-hybridized carbons (Fsp3) is 0.462. The van der Waals surface area contributed by atoms with E-state index >= 15 is 0 Å². The molecule has 2 aliphatic rings. The third-order valence-corrected chi connectivity index (χ3v) is 7.00. The molecule has 1 aliphatic heterocycles. The first-order valence-electron chi connectivity index (χ1n) is 12.4. The molecule has 2 aromatic heterocycles. The summed E-state index contributed by atoms with van der Waals surface area (Å²) in [4.78, 5) is 35.9. The molecule has 3 aromatic rings. The van der Waals surface area contributed by atoms with Crippen molar-refractivity contribution in [3.05, 3.63) is 58.0 Å². The van der Waals surface area contributed by atoms with Crippen molar-refractivity contribution in [3.8, 4) is 0 Å². The molecule has 0 amide bonds. The molecule has 1 aliphatic carbocycles. The van der Waals surface area contributed by atoms with Gasteiger partial charge < -0.3 is 19.7 Å². The lowest BCUT2D eigenvalue weighted by Crippen LogP contribution is -2.37. The standard InChI is InChI=1S/C26H31N5O4/c32-23-21-16-27-26(28-19-8-6-18(7-9-19)10-11-30-12-14-35-15-13-30)29-24(21)31(17-22(23)25(33)34)20-4-2-1-3-5-20/h6-9,16-17,20H,1-5,10-15H2,(H,33,34)(H,27,28,29). The Morgan fingerprint density at radius 3 is 2.57 bits per heavy atom. The first-order chi connectivity index (χ1) is 17.1. The van der Waals surface area contributed by atoms with Gasteiger partial charge in [-0.15, -0.1) is 0 Å². The number of pyridine rings is 1. The second kappa shape index (κ2) is 10.5. The summed E-state index contributed by atoms with van der Waals surface area (Å²) < 4.78 is 7.28. The van der Waals surface area contributed by atoms with Crippen molar-refractivity contribution in [2.24, 2.45) is 0 Å². The molecule has 0 radical (unpaired) electrons. The van der Waals surface area contributed by atoms with Crippen LogP contribution in [0.15, 0.2) is 41.5 Å². The van der Waals surface area contributed by atoms with Gasteiger partial charge in [0.25, 0.3) is 0 Å². The summed E-state index contributed by atoms with van der Waals surface area (Å²) in [6.45, 7) is 4.60. The highest BCUT2D eigenvalue weighted by Gasteiger charge is 2.22. The number of ether oxygens (including phenoxy) is 1. The number of fused-ring (bicyclic) bond motifs is 1. The van der Waals surface area contributed by atoms with Gasteiger partial charge in [-0.05, 0) is 37.0 Å². The number of carbonyl (C=O) groups is 1. The van der Waals surface area contributed by atoms with Crippen molar-refractivity contribution in [1.29, 1.82) is 0 Å². The van der Waals surface area contributed by atoms with Gasteiger partial charge in [-0.3, -0.25) is 9.69 Å². The molecule has 2 fully saturated rings. The second-order valence-corrected chi connectivity index (χ2v) is 9.33. The van der Waals surface area contributed by atoms with Crippen LogP contribution in [0.5, 0.6) is 0 Å². The van der Waals surface area contributed by atoms with E-state index < -0.39 is 11.4 Å². The van der Waals surface area contributed by atoms with Gasteiger partial charge in [-0.1, -0.05) is 31.4 Å². The molecule has 3 heterocycles. The number of nitrogens with zero attached hydrogens (tertiary/aromatic N) is 4. The van der Waals surface area contributed by atoms with E-state index in [1.54, 1.807) is 0 Å². The van der Waals surface area contributed by atoms with E-state index in [-0.39, 0.29) is 17.0 Å². The number of rotatable bonds is 7. The number of morpholine rings is 1. The number of anilines is 2. The van der Waals surface area contributed by atoms with E-state index in [4.69, 9.17) is 4.74 Å². The molecule has 0 bridgehead atoms. The SMILES string of the molecule is O=C(O)c1cn(C2CCCCC2)c2nc(Nc3ccc(CCN4CCOCC4)cc3)ncc2c1=O. The Morgan fingerprint density at radius 2 is 1.86 bits per heavy atom. The second-order valence-electron chi connectivity index (χ2n) is 9.33. The summed E-state index contributed by atoms with van der Waals surface area (Å²) in [7, 11) is 0. The zero-order valence-corrected chi connectivity index (χ0v) is 19.8. The van der Waals surface area contributed by atoms with Crippen LogP contribution >= 0.6 is 0 Å². The minimum absolute atomic E-state index is 0.124. The average molecular weight is 478 g/mol. The Kier molecular flexibility index (Phi) is 7.06. The molecule has 1 saturated carbocycles. The van der Waals surface area contributed by atoms with Crippen LogP contribution in [0.2, 0.25) is 0 Å². The van der Waals surface area contributed by atoms with Crippen LogP contribution in [0.4, 0.5) is 11.6 Å². The number of nitrogens with one attached hydrogen (secondary N) is 1. The third-order valence-electron chi connectivity index (χ3n) is 7.00. The lowest BCUT2D eigenvalue weighted by molar-refractivity contribution is 0.0384. The molecule has 184 valence electrons. The van der Waals surface area contributed by atoms with E-state index in [0.717, 1.165) is 70.6 Å². The summed E-state index contributed by atoms with van der Waals surface area (Å²) in [5.41, 5.74) is 1.81. The topological polar surface area (TPSA) is 110 Å². The van der Waals surface area contributed by atoms with Crippen LogP contribution in [0.25, 0.3) is 11.0 Å². The normalized spacial score (nSPS) is 17.5. The number of hydrogen-bond donors (Lipinski definition) is 2. The Bertz CT molecular complexity index is 1250. The summed E-state index contributed by atoms with van der Waals surface area (Å²) in [6.07, 6.45) is 9.09. The predicted octanol–water partition coefficient (Wildman–Crippen LogP) is 3.61. The fourth-order valence-corrected chi connectivity index (χ4v) is 4.98. The molecular weight excluding hydrogens is 446 g/mol. The highest BCUT2D eigenvalue weighted by atomic mass is 16.5. The Balaban J connectivity index is 1.37. The summed E-state index contributed by atoms with van der Waals surface area (Å²) >= 11 is 0. The zero-order valence-electron chi connectivity index (χ0n) is 19.8. The minimum Gasteiger partial charge on any atom is -0.477 e. The summed E-state index contributed by atoms with van der Waals surface area (Å²) in [5.74, 6) is -0.844. The fourth-order valence-electron chi connectivity index (χ4n) is 4.98. The Morgan fingerprint density at radius 1 is 1.11 bits per heavy atom. The molecule has 9 heteroatoms. The number of aromatic carboxylic acids is 1. The highest BCUT2D eigenvalue weighted by molar-refractivity contribution is 5.91. The van der Waals surface area contributed by atoms with Crippen LogP contribution in [-0.4, -0.2) is 63.4 Å². The van der Waals surface area contributed by atoms with Crippen molar-refractivity contribution in [2.45, 2.75) is 44.6 Å². The quantitative estimate of drug-likeness (QED) is 0.531.